The van der Waals surface area contributed by atoms with Gasteiger partial charge in [0.2, 0.25) is 0 Å². The standard InChI is InChI=1S/C18H16F3N7/c19-18(20,21)13-7-11(3-5-22-13)26-16-15-12(23-10-24-16)1-2-14(27-15)28-8-17(9-28)4-6-25-17/h1-3,5,7,10,25H,4,6,8-9H2,(H,22,23,24,26). The van der Waals surface area contributed by atoms with Crippen LogP contribution in [0.1, 0.15) is 12.1 Å². The lowest BCUT2D eigenvalue weighted by Crippen LogP contribution is -2.76. The second-order valence-electron chi connectivity index (χ2n) is 7.13. The van der Waals surface area contributed by atoms with Gasteiger partial charge in [-0.1, -0.05) is 0 Å². The Labute approximate surface area is 158 Å². The Bertz CT molecular complexity index is 1040. The molecule has 2 aliphatic rings. The van der Waals surface area contributed by atoms with Crippen molar-refractivity contribution >= 4 is 28.4 Å². The summed E-state index contributed by atoms with van der Waals surface area (Å²) < 4.78 is 38.7. The topological polar surface area (TPSA) is 78.9 Å². The first kappa shape index (κ1) is 17.1. The molecule has 7 nitrogen and oxygen atoms in total. The molecule has 0 bridgehead atoms. The maximum absolute atomic E-state index is 12.9. The van der Waals surface area contributed by atoms with Gasteiger partial charge in [0.25, 0.3) is 0 Å². The van der Waals surface area contributed by atoms with Gasteiger partial charge in [0.15, 0.2) is 5.82 Å². The van der Waals surface area contributed by atoms with Crippen LogP contribution in [-0.4, -0.2) is 45.1 Å². The zero-order valence-electron chi connectivity index (χ0n) is 14.7. The molecule has 2 N–H and O–H groups in total. The first-order valence-electron chi connectivity index (χ1n) is 8.84. The van der Waals surface area contributed by atoms with E-state index < -0.39 is 11.9 Å². The van der Waals surface area contributed by atoms with E-state index in [0.29, 0.717) is 16.9 Å². The summed E-state index contributed by atoms with van der Waals surface area (Å²) in [6, 6.07) is 6.14. The van der Waals surface area contributed by atoms with E-state index in [2.05, 4.69) is 35.5 Å². The van der Waals surface area contributed by atoms with Crippen LogP contribution in [-0.2, 0) is 6.18 Å². The quantitative estimate of drug-likeness (QED) is 0.715. The molecule has 0 saturated carbocycles. The first-order valence-corrected chi connectivity index (χ1v) is 8.84. The summed E-state index contributed by atoms with van der Waals surface area (Å²) in [5, 5.41) is 6.37. The third kappa shape index (κ3) is 2.89. The Balaban J connectivity index is 1.45. The Morgan fingerprint density at radius 2 is 1.93 bits per heavy atom. The minimum Gasteiger partial charge on any atom is -0.353 e. The van der Waals surface area contributed by atoms with Crippen molar-refractivity contribution in [3.63, 3.8) is 0 Å². The molecule has 5 heterocycles. The van der Waals surface area contributed by atoms with Crippen LogP contribution in [0.4, 0.5) is 30.5 Å². The van der Waals surface area contributed by atoms with E-state index in [1.807, 2.05) is 12.1 Å². The average molecular weight is 387 g/mol. The van der Waals surface area contributed by atoms with E-state index in [4.69, 9.17) is 0 Å². The van der Waals surface area contributed by atoms with Gasteiger partial charge in [-0.05, 0) is 37.2 Å². The van der Waals surface area contributed by atoms with Crippen LogP contribution in [0, 0.1) is 0 Å². The molecule has 3 aromatic heterocycles. The van der Waals surface area contributed by atoms with Crippen LogP contribution in [0.2, 0.25) is 0 Å². The molecule has 10 heteroatoms. The summed E-state index contributed by atoms with van der Waals surface area (Å²) in [5.74, 6) is 1.15. The Hall–Kier alpha value is -3.01. The number of aromatic nitrogens is 4. The SMILES string of the molecule is FC(F)(F)c1cc(Nc2ncnc3ccc(N4CC5(CCN5)C4)nc23)ccn1. The minimum atomic E-state index is -4.51. The van der Waals surface area contributed by atoms with Gasteiger partial charge in [-0.3, -0.25) is 4.98 Å². The Morgan fingerprint density at radius 3 is 2.64 bits per heavy atom. The fourth-order valence-electron chi connectivity index (χ4n) is 3.59. The van der Waals surface area contributed by atoms with Gasteiger partial charge >= 0.3 is 6.18 Å². The molecular formula is C18H16F3N7. The summed E-state index contributed by atoms with van der Waals surface area (Å²) in [6.07, 6.45) is -0.885. The van der Waals surface area contributed by atoms with Crippen molar-refractivity contribution in [3.8, 4) is 0 Å². The van der Waals surface area contributed by atoms with E-state index >= 15 is 0 Å². The third-order valence-electron chi connectivity index (χ3n) is 5.19. The molecule has 28 heavy (non-hydrogen) atoms. The molecule has 0 amide bonds. The van der Waals surface area contributed by atoms with Gasteiger partial charge in [-0.2, -0.15) is 13.2 Å². The van der Waals surface area contributed by atoms with Crippen LogP contribution < -0.4 is 15.5 Å². The maximum atomic E-state index is 12.9. The molecule has 3 aromatic rings. The summed E-state index contributed by atoms with van der Waals surface area (Å²) in [5.41, 5.74) is 0.603. The number of nitrogens with zero attached hydrogens (tertiary/aromatic N) is 5. The number of alkyl halides is 3. The summed E-state index contributed by atoms with van der Waals surface area (Å²) in [6.45, 7) is 2.83. The second-order valence-corrected chi connectivity index (χ2v) is 7.13. The van der Waals surface area contributed by atoms with Gasteiger partial charge in [-0.15, -0.1) is 0 Å². The van der Waals surface area contributed by atoms with Gasteiger partial charge in [0.1, 0.15) is 23.4 Å². The summed E-state index contributed by atoms with van der Waals surface area (Å²) in [4.78, 5) is 18.6. The van der Waals surface area contributed by atoms with E-state index in [9.17, 15) is 13.2 Å². The molecule has 144 valence electrons. The van der Waals surface area contributed by atoms with Crippen LogP contribution in [0.15, 0.2) is 36.8 Å². The van der Waals surface area contributed by atoms with Gasteiger partial charge in [-0.25, -0.2) is 15.0 Å². The molecule has 2 fully saturated rings. The monoisotopic (exact) mass is 387 g/mol. The highest BCUT2D eigenvalue weighted by molar-refractivity contribution is 5.88. The molecule has 0 radical (unpaired) electrons. The molecule has 2 aliphatic heterocycles. The fraction of sp³-hybridized carbons (Fsp3) is 0.333. The van der Waals surface area contributed by atoms with Crippen LogP contribution in [0.5, 0.6) is 0 Å². The van der Waals surface area contributed by atoms with Crippen molar-refractivity contribution in [1.29, 1.82) is 0 Å². The fourth-order valence-corrected chi connectivity index (χ4v) is 3.59. The minimum absolute atomic E-state index is 0.218. The average Bonchev–Trinajstić information content (AvgIpc) is 2.59. The van der Waals surface area contributed by atoms with Crippen LogP contribution in [0.25, 0.3) is 11.0 Å². The normalized spacial score (nSPS) is 18.0. The number of anilines is 3. The number of nitrogens with one attached hydrogen (secondary N) is 2. The highest BCUT2D eigenvalue weighted by atomic mass is 19.4. The van der Waals surface area contributed by atoms with Crippen LogP contribution >= 0.6 is 0 Å². The molecule has 0 aromatic carbocycles. The third-order valence-corrected chi connectivity index (χ3v) is 5.19. The van der Waals surface area contributed by atoms with Crippen molar-refractivity contribution in [3.05, 3.63) is 42.5 Å². The molecule has 0 unspecified atom stereocenters. The first-order chi connectivity index (χ1) is 13.4. The summed E-state index contributed by atoms with van der Waals surface area (Å²) in [7, 11) is 0. The molecule has 1 spiro atoms. The van der Waals surface area contributed by atoms with Crippen molar-refractivity contribution in [2.75, 3.05) is 29.9 Å². The smallest absolute Gasteiger partial charge is 0.353 e. The lowest BCUT2D eigenvalue weighted by molar-refractivity contribution is -0.141. The largest absolute Gasteiger partial charge is 0.433 e. The van der Waals surface area contributed by atoms with Crippen molar-refractivity contribution in [2.45, 2.75) is 18.1 Å². The molecule has 5 rings (SSSR count). The predicted octanol–water partition coefficient (Wildman–Crippen LogP) is 2.73. The Kier molecular flexibility index (Phi) is 3.66. The summed E-state index contributed by atoms with van der Waals surface area (Å²) >= 11 is 0. The Morgan fingerprint density at radius 1 is 1.11 bits per heavy atom. The lowest BCUT2D eigenvalue weighted by atomic mass is 9.80. The molecule has 0 atom stereocenters. The van der Waals surface area contributed by atoms with E-state index in [-0.39, 0.29) is 11.2 Å². The number of hydrogen-bond donors (Lipinski definition) is 2. The number of pyridine rings is 2. The predicted molar refractivity (Wildman–Crippen MR) is 97.4 cm³/mol. The van der Waals surface area contributed by atoms with E-state index in [1.54, 1.807) is 0 Å². The maximum Gasteiger partial charge on any atom is 0.433 e. The van der Waals surface area contributed by atoms with Crippen molar-refractivity contribution in [2.24, 2.45) is 0 Å². The van der Waals surface area contributed by atoms with E-state index in [1.165, 1.54) is 12.4 Å². The number of rotatable bonds is 3. The highest BCUT2D eigenvalue weighted by Gasteiger charge is 2.47. The molecule has 2 saturated heterocycles. The lowest BCUT2D eigenvalue weighted by Gasteiger charge is -2.56. The second kappa shape index (κ2) is 5.99. The van der Waals surface area contributed by atoms with Gasteiger partial charge < -0.3 is 15.5 Å². The number of halogens is 3. The zero-order valence-corrected chi connectivity index (χ0v) is 14.7. The van der Waals surface area contributed by atoms with Crippen LogP contribution in [0.3, 0.4) is 0 Å². The van der Waals surface area contributed by atoms with Crippen molar-refractivity contribution < 1.29 is 13.2 Å². The molecular weight excluding hydrogens is 371 g/mol. The van der Waals surface area contributed by atoms with Crippen molar-refractivity contribution in [1.82, 2.24) is 25.3 Å². The molecule has 0 aliphatic carbocycles. The van der Waals surface area contributed by atoms with Gasteiger partial charge in [0.05, 0.1) is 11.1 Å². The number of hydrogen-bond acceptors (Lipinski definition) is 7. The zero-order chi connectivity index (χ0) is 19.4. The van der Waals surface area contributed by atoms with Gasteiger partial charge in [0, 0.05) is 25.0 Å². The highest BCUT2D eigenvalue weighted by Crippen LogP contribution is 2.34. The number of fused-ring (bicyclic) bond motifs is 1. The van der Waals surface area contributed by atoms with E-state index in [0.717, 1.165) is 44.1 Å².